The third-order valence-electron chi connectivity index (χ3n) is 3.01. The van der Waals surface area contributed by atoms with Crippen LogP contribution in [-0.2, 0) is 0 Å². The molecule has 0 amide bonds. The van der Waals surface area contributed by atoms with Crippen LogP contribution in [0.4, 0.5) is 0 Å². The molecule has 1 heterocycles. The molecule has 4 heteroatoms. The van der Waals surface area contributed by atoms with Crippen molar-refractivity contribution in [2.45, 2.75) is 45.6 Å². The van der Waals surface area contributed by atoms with E-state index in [9.17, 15) is 4.79 Å². The summed E-state index contributed by atoms with van der Waals surface area (Å²) < 4.78 is 5.76. The highest BCUT2D eigenvalue weighted by atomic mass is 16.5. The molecule has 0 spiro atoms. The first-order valence-electron chi connectivity index (χ1n) is 5.88. The summed E-state index contributed by atoms with van der Waals surface area (Å²) >= 11 is 0. The van der Waals surface area contributed by atoms with Gasteiger partial charge in [0.2, 0.25) is 5.88 Å². The van der Waals surface area contributed by atoms with Crippen LogP contribution in [0.1, 0.15) is 38.4 Å². The summed E-state index contributed by atoms with van der Waals surface area (Å²) in [5, 5.41) is 0. The van der Waals surface area contributed by atoms with Crippen molar-refractivity contribution in [3.8, 4) is 5.88 Å². The zero-order valence-electron chi connectivity index (χ0n) is 9.82. The average Bonchev–Trinajstić information content (AvgIpc) is 2.15. The van der Waals surface area contributed by atoms with E-state index in [1.165, 1.54) is 18.9 Å². The van der Waals surface area contributed by atoms with E-state index in [4.69, 9.17) is 4.74 Å². The Hall–Kier alpha value is -1.32. The lowest BCUT2D eigenvalue weighted by Crippen LogP contribution is -2.25. The molecule has 0 radical (unpaired) electrons. The highest BCUT2D eigenvalue weighted by Crippen LogP contribution is 2.26. The monoisotopic (exact) mass is 222 g/mol. The first kappa shape index (κ1) is 11.2. The zero-order valence-corrected chi connectivity index (χ0v) is 9.82. The van der Waals surface area contributed by atoms with Crippen molar-refractivity contribution in [3.63, 3.8) is 0 Å². The first-order chi connectivity index (χ1) is 7.63. The molecule has 1 aromatic heterocycles. The third-order valence-corrected chi connectivity index (χ3v) is 3.01. The summed E-state index contributed by atoms with van der Waals surface area (Å²) in [6.07, 6.45) is 4.83. The van der Waals surface area contributed by atoms with Gasteiger partial charge in [0.05, 0.1) is 6.07 Å². The fraction of sp³-hybridized carbons (Fsp3) is 0.667. The van der Waals surface area contributed by atoms with Crippen molar-refractivity contribution in [2.75, 3.05) is 0 Å². The van der Waals surface area contributed by atoms with Crippen LogP contribution in [0.25, 0.3) is 0 Å². The van der Waals surface area contributed by atoms with Crippen LogP contribution >= 0.6 is 0 Å². The Morgan fingerprint density at radius 3 is 3.00 bits per heavy atom. The summed E-state index contributed by atoms with van der Waals surface area (Å²) in [7, 11) is 0. The Labute approximate surface area is 95.1 Å². The number of hydrogen-bond donors (Lipinski definition) is 1. The molecule has 0 bridgehead atoms. The molecule has 1 aromatic rings. The van der Waals surface area contributed by atoms with Crippen molar-refractivity contribution >= 4 is 0 Å². The molecule has 1 aliphatic rings. The van der Waals surface area contributed by atoms with Crippen molar-refractivity contribution in [3.05, 3.63) is 22.2 Å². The van der Waals surface area contributed by atoms with Crippen molar-refractivity contribution in [1.82, 2.24) is 9.97 Å². The van der Waals surface area contributed by atoms with Crippen molar-refractivity contribution < 1.29 is 4.74 Å². The summed E-state index contributed by atoms with van der Waals surface area (Å²) in [4.78, 5) is 18.0. The van der Waals surface area contributed by atoms with Gasteiger partial charge in [-0.25, -0.2) is 4.98 Å². The number of nitrogens with zero attached hydrogens (tertiary/aromatic N) is 1. The van der Waals surface area contributed by atoms with E-state index in [1.807, 2.05) is 0 Å². The molecule has 4 nitrogen and oxygen atoms in total. The molecule has 1 N–H and O–H groups in total. The molecular weight excluding hydrogens is 204 g/mol. The molecule has 2 unspecified atom stereocenters. The van der Waals surface area contributed by atoms with Gasteiger partial charge in [0.25, 0.3) is 5.56 Å². The molecule has 0 saturated heterocycles. The SMILES string of the molecule is Cc1nc(OC2CCCC(C)C2)cc(=O)[nH]1. The quantitative estimate of drug-likeness (QED) is 0.833. The smallest absolute Gasteiger partial charge is 0.254 e. The van der Waals surface area contributed by atoms with Gasteiger partial charge in [-0.3, -0.25) is 4.79 Å². The summed E-state index contributed by atoms with van der Waals surface area (Å²) in [6.45, 7) is 4.00. The van der Waals surface area contributed by atoms with Gasteiger partial charge in [0, 0.05) is 0 Å². The maximum Gasteiger partial charge on any atom is 0.254 e. The number of ether oxygens (including phenoxy) is 1. The van der Waals surface area contributed by atoms with E-state index in [1.54, 1.807) is 6.92 Å². The summed E-state index contributed by atoms with van der Waals surface area (Å²) in [5.74, 6) is 1.77. The van der Waals surface area contributed by atoms with Crippen LogP contribution in [0, 0.1) is 12.8 Å². The van der Waals surface area contributed by atoms with Crippen LogP contribution in [-0.4, -0.2) is 16.1 Å². The highest BCUT2D eigenvalue weighted by Gasteiger charge is 2.20. The normalized spacial score (nSPS) is 25.4. The number of rotatable bonds is 2. The fourth-order valence-corrected chi connectivity index (χ4v) is 2.27. The Balaban J connectivity index is 2.05. The largest absolute Gasteiger partial charge is 0.474 e. The molecule has 1 aliphatic carbocycles. The minimum Gasteiger partial charge on any atom is -0.474 e. The standard InChI is InChI=1S/C12H18N2O2/c1-8-4-3-5-10(6-8)16-12-7-11(15)13-9(2)14-12/h7-8,10H,3-6H2,1-2H3,(H,13,14,15). The molecule has 1 fully saturated rings. The molecule has 0 aliphatic heterocycles. The lowest BCUT2D eigenvalue weighted by Gasteiger charge is -2.26. The zero-order chi connectivity index (χ0) is 11.5. The lowest BCUT2D eigenvalue weighted by molar-refractivity contribution is 0.123. The Kier molecular flexibility index (Phi) is 3.27. The average molecular weight is 222 g/mol. The number of hydrogen-bond acceptors (Lipinski definition) is 3. The van der Waals surface area contributed by atoms with Crippen molar-refractivity contribution in [1.29, 1.82) is 0 Å². The Bertz CT molecular complexity index is 414. The molecular formula is C12H18N2O2. The van der Waals surface area contributed by atoms with E-state index in [-0.39, 0.29) is 11.7 Å². The number of nitrogens with one attached hydrogen (secondary N) is 1. The van der Waals surface area contributed by atoms with E-state index in [2.05, 4.69) is 16.9 Å². The van der Waals surface area contributed by atoms with E-state index >= 15 is 0 Å². The Morgan fingerprint density at radius 2 is 2.31 bits per heavy atom. The van der Waals surface area contributed by atoms with Gasteiger partial charge in [-0.15, -0.1) is 0 Å². The second-order valence-corrected chi connectivity index (χ2v) is 4.68. The van der Waals surface area contributed by atoms with Crippen LogP contribution in [0.2, 0.25) is 0 Å². The molecule has 88 valence electrons. The number of H-pyrrole nitrogens is 1. The van der Waals surface area contributed by atoms with Gasteiger partial charge in [0.1, 0.15) is 11.9 Å². The molecule has 1 saturated carbocycles. The maximum atomic E-state index is 11.2. The van der Waals surface area contributed by atoms with Gasteiger partial charge in [-0.2, -0.15) is 0 Å². The Morgan fingerprint density at radius 1 is 1.50 bits per heavy atom. The molecule has 2 atom stereocenters. The third kappa shape index (κ3) is 2.84. The van der Waals surface area contributed by atoms with Gasteiger partial charge in [-0.05, 0) is 32.1 Å². The van der Waals surface area contributed by atoms with Crippen LogP contribution in [0.5, 0.6) is 5.88 Å². The number of aromatic amines is 1. The first-order valence-corrected chi connectivity index (χ1v) is 5.88. The van der Waals surface area contributed by atoms with Crippen molar-refractivity contribution in [2.24, 2.45) is 5.92 Å². The van der Waals surface area contributed by atoms with Crippen LogP contribution in [0.15, 0.2) is 10.9 Å². The van der Waals surface area contributed by atoms with Gasteiger partial charge in [0.15, 0.2) is 0 Å². The van der Waals surface area contributed by atoms with Crippen LogP contribution in [0.3, 0.4) is 0 Å². The minimum atomic E-state index is -0.147. The van der Waals surface area contributed by atoms with E-state index < -0.39 is 0 Å². The predicted octanol–water partition coefficient (Wildman–Crippen LogP) is 2.04. The van der Waals surface area contributed by atoms with E-state index in [0.29, 0.717) is 17.6 Å². The van der Waals surface area contributed by atoms with Crippen LogP contribution < -0.4 is 10.3 Å². The number of aromatic nitrogens is 2. The topological polar surface area (TPSA) is 55.0 Å². The second-order valence-electron chi connectivity index (χ2n) is 4.68. The second kappa shape index (κ2) is 4.68. The molecule has 16 heavy (non-hydrogen) atoms. The van der Waals surface area contributed by atoms with Gasteiger partial charge >= 0.3 is 0 Å². The highest BCUT2D eigenvalue weighted by molar-refractivity contribution is 5.08. The predicted molar refractivity (Wildman–Crippen MR) is 61.6 cm³/mol. The fourth-order valence-electron chi connectivity index (χ4n) is 2.27. The summed E-state index contributed by atoms with van der Waals surface area (Å²) in [5.41, 5.74) is -0.147. The van der Waals surface area contributed by atoms with Gasteiger partial charge < -0.3 is 9.72 Å². The minimum absolute atomic E-state index is 0.147. The molecule has 2 rings (SSSR count). The number of aryl methyl sites for hydroxylation is 1. The van der Waals surface area contributed by atoms with Gasteiger partial charge in [-0.1, -0.05) is 13.3 Å². The van der Waals surface area contributed by atoms with E-state index in [0.717, 1.165) is 12.8 Å². The lowest BCUT2D eigenvalue weighted by atomic mass is 9.89. The summed E-state index contributed by atoms with van der Waals surface area (Å²) in [6, 6.07) is 1.42. The molecule has 0 aromatic carbocycles. The maximum absolute atomic E-state index is 11.2.